The Morgan fingerprint density at radius 3 is 2.73 bits per heavy atom. The first-order valence-corrected chi connectivity index (χ1v) is 4.83. The van der Waals surface area contributed by atoms with E-state index in [9.17, 15) is 9.18 Å². The fraction of sp³-hybridized carbons (Fsp3) is 0.200. The molecule has 0 aromatic heterocycles. The maximum atomic E-state index is 13.0. The summed E-state index contributed by atoms with van der Waals surface area (Å²) in [6.07, 6.45) is 0. The highest BCUT2D eigenvalue weighted by molar-refractivity contribution is 7.80. The normalized spacial score (nSPS) is 24.9. The lowest BCUT2D eigenvalue weighted by molar-refractivity contribution is -0.123. The van der Waals surface area contributed by atoms with Crippen LogP contribution in [0.2, 0.25) is 0 Å². The molecule has 0 bridgehead atoms. The Bertz CT molecular complexity index is 449. The Labute approximate surface area is 91.7 Å². The van der Waals surface area contributed by atoms with E-state index in [1.54, 1.807) is 19.1 Å². The summed E-state index contributed by atoms with van der Waals surface area (Å²) in [4.78, 5) is 11.6. The van der Waals surface area contributed by atoms with Crippen LogP contribution in [0.5, 0.6) is 0 Å². The van der Waals surface area contributed by atoms with Gasteiger partial charge in [-0.1, -0.05) is 12.1 Å². The summed E-state index contributed by atoms with van der Waals surface area (Å²) in [6, 6.07) is 5.90. The van der Waals surface area contributed by atoms with Crippen molar-refractivity contribution in [1.82, 2.24) is 10.6 Å². The summed E-state index contributed by atoms with van der Waals surface area (Å²) in [5.41, 5.74) is -0.418. The van der Waals surface area contributed by atoms with E-state index < -0.39 is 5.54 Å². The minimum atomic E-state index is -0.973. The quantitative estimate of drug-likeness (QED) is 0.700. The molecule has 5 heteroatoms. The van der Waals surface area contributed by atoms with Gasteiger partial charge < -0.3 is 10.6 Å². The lowest BCUT2D eigenvalue weighted by Gasteiger charge is -2.21. The van der Waals surface area contributed by atoms with Crippen LogP contribution in [0.4, 0.5) is 4.39 Å². The van der Waals surface area contributed by atoms with Crippen molar-refractivity contribution in [2.24, 2.45) is 0 Å². The van der Waals surface area contributed by atoms with Crippen LogP contribution in [-0.4, -0.2) is 11.0 Å². The Morgan fingerprint density at radius 2 is 2.20 bits per heavy atom. The fourth-order valence-electron chi connectivity index (χ4n) is 1.55. The number of halogens is 1. The summed E-state index contributed by atoms with van der Waals surface area (Å²) in [7, 11) is 0. The third-order valence-corrected chi connectivity index (χ3v) is 2.65. The van der Waals surface area contributed by atoms with Crippen LogP contribution < -0.4 is 10.6 Å². The van der Waals surface area contributed by atoms with Gasteiger partial charge in [-0.2, -0.15) is 0 Å². The maximum absolute atomic E-state index is 13.0. The third-order valence-electron chi connectivity index (χ3n) is 2.45. The number of thiocarbonyl (C=S) groups is 1. The van der Waals surface area contributed by atoms with E-state index in [4.69, 9.17) is 12.2 Å². The van der Waals surface area contributed by atoms with Crippen molar-refractivity contribution >= 4 is 23.2 Å². The van der Waals surface area contributed by atoms with Crippen molar-refractivity contribution in [2.45, 2.75) is 12.5 Å². The zero-order valence-corrected chi connectivity index (χ0v) is 8.82. The van der Waals surface area contributed by atoms with Gasteiger partial charge in [-0.15, -0.1) is 0 Å². The number of hydrogen-bond donors (Lipinski definition) is 2. The molecule has 78 valence electrons. The molecule has 0 aliphatic carbocycles. The molecule has 1 fully saturated rings. The van der Waals surface area contributed by atoms with Gasteiger partial charge in [-0.25, -0.2) is 4.39 Å². The van der Waals surface area contributed by atoms with Crippen molar-refractivity contribution in [3.05, 3.63) is 35.6 Å². The van der Waals surface area contributed by atoms with Crippen LogP contribution in [-0.2, 0) is 10.3 Å². The zero-order chi connectivity index (χ0) is 11.1. The van der Waals surface area contributed by atoms with Crippen molar-refractivity contribution in [1.29, 1.82) is 0 Å². The van der Waals surface area contributed by atoms with Gasteiger partial charge in [0.05, 0.1) is 0 Å². The smallest absolute Gasteiger partial charge is 0.256 e. The minimum Gasteiger partial charge on any atom is -0.345 e. The molecule has 2 rings (SSSR count). The van der Waals surface area contributed by atoms with Gasteiger partial charge in [-0.05, 0) is 36.8 Å². The molecule has 1 unspecified atom stereocenters. The van der Waals surface area contributed by atoms with E-state index in [0.29, 0.717) is 5.56 Å². The fourth-order valence-corrected chi connectivity index (χ4v) is 1.84. The number of amides is 1. The Kier molecular flexibility index (Phi) is 2.19. The second-order valence-electron chi connectivity index (χ2n) is 3.54. The second kappa shape index (κ2) is 3.27. The molecule has 1 aliphatic rings. The van der Waals surface area contributed by atoms with E-state index in [1.165, 1.54) is 12.1 Å². The van der Waals surface area contributed by atoms with Crippen molar-refractivity contribution < 1.29 is 9.18 Å². The van der Waals surface area contributed by atoms with Crippen LogP contribution in [0, 0.1) is 5.82 Å². The van der Waals surface area contributed by atoms with Crippen LogP contribution >= 0.6 is 12.2 Å². The van der Waals surface area contributed by atoms with Gasteiger partial charge in [0.25, 0.3) is 5.91 Å². The minimum absolute atomic E-state index is 0.266. The SMILES string of the molecule is CC1(c2cccc(F)c2)NC(=S)NC1=O. The molecule has 1 aliphatic heterocycles. The molecule has 0 radical (unpaired) electrons. The van der Waals surface area contributed by atoms with Gasteiger partial charge in [0.15, 0.2) is 5.11 Å². The van der Waals surface area contributed by atoms with E-state index in [1.807, 2.05) is 0 Å². The molecule has 1 aromatic rings. The lowest BCUT2D eigenvalue weighted by atomic mass is 9.92. The van der Waals surface area contributed by atoms with Gasteiger partial charge in [0.2, 0.25) is 0 Å². The summed E-state index contributed by atoms with van der Waals surface area (Å²) < 4.78 is 13.0. The molecule has 3 nitrogen and oxygen atoms in total. The van der Waals surface area contributed by atoms with E-state index >= 15 is 0 Å². The topological polar surface area (TPSA) is 41.1 Å². The van der Waals surface area contributed by atoms with Gasteiger partial charge in [0.1, 0.15) is 11.4 Å². The maximum Gasteiger partial charge on any atom is 0.256 e. The zero-order valence-electron chi connectivity index (χ0n) is 8.00. The lowest BCUT2D eigenvalue weighted by Crippen LogP contribution is -2.40. The van der Waals surface area contributed by atoms with Crippen LogP contribution in [0.1, 0.15) is 12.5 Å². The number of carbonyl (C=O) groups is 1. The Morgan fingerprint density at radius 1 is 1.47 bits per heavy atom. The summed E-state index contributed by atoms with van der Waals surface area (Å²) in [6.45, 7) is 1.66. The molecular formula is C10H9FN2OS. The molecule has 1 aromatic carbocycles. The largest absolute Gasteiger partial charge is 0.345 e. The molecule has 1 atom stereocenters. The molecule has 15 heavy (non-hydrogen) atoms. The highest BCUT2D eigenvalue weighted by Crippen LogP contribution is 2.24. The third kappa shape index (κ3) is 1.59. The summed E-state index contributed by atoms with van der Waals surface area (Å²) >= 11 is 4.84. The van der Waals surface area contributed by atoms with E-state index in [-0.39, 0.29) is 16.8 Å². The number of carbonyl (C=O) groups excluding carboxylic acids is 1. The van der Waals surface area contributed by atoms with Crippen molar-refractivity contribution in [3.8, 4) is 0 Å². The molecule has 2 N–H and O–H groups in total. The average molecular weight is 224 g/mol. The second-order valence-corrected chi connectivity index (χ2v) is 3.95. The number of benzene rings is 1. The molecule has 1 saturated heterocycles. The predicted molar refractivity (Wildman–Crippen MR) is 57.6 cm³/mol. The first kappa shape index (κ1) is 10.0. The van der Waals surface area contributed by atoms with Gasteiger partial charge >= 0.3 is 0 Å². The molecule has 0 saturated carbocycles. The van der Waals surface area contributed by atoms with E-state index in [0.717, 1.165) is 0 Å². The van der Waals surface area contributed by atoms with Crippen molar-refractivity contribution in [3.63, 3.8) is 0 Å². The predicted octanol–water partition coefficient (Wildman–Crippen LogP) is 1.05. The number of hydrogen-bond acceptors (Lipinski definition) is 2. The highest BCUT2D eigenvalue weighted by atomic mass is 32.1. The van der Waals surface area contributed by atoms with Crippen molar-refractivity contribution in [2.75, 3.05) is 0 Å². The van der Waals surface area contributed by atoms with Crippen LogP contribution in [0.25, 0.3) is 0 Å². The molecular weight excluding hydrogens is 215 g/mol. The van der Waals surface area contributed by atoms with Crippen LogP contribution in [0.3, 0.4) is 0 Å². The Balaban J connectivity index is 2.46. The summed E-state index contributed by atoms with van der Waals surface area (Å²) in [5.74, 6) is -0.640. The molecule has 1 amide bonds. The summed E-state index contributed by atoms with van der Waals surface area (Å²) in [5, 5.41) is 5.58. The number of rotatable bonds is 1. The standard InChI is InChI=1S/C10H9FN2OS/c1-10(8(14)12-9(15)13-10)6-3-2-4-7(11)5-6/h2-5H,1H3,(H2,12,13,14,15). The number of nitrogens with one attached hydrogen (secondary N) is 2. The molecule has 1 heterocycles. The first-order valence-electron chi connectivity index (χ1n) is 4.42. The first-order chi connectivity index (χ1) is 7.02. The monoisotopic (exact) mass is 224 g/mol. The molecule has 0 spiro atoms. The van der Waals surface area contributed by atoms with Gasteiger partial charge in [0, 0.05) is 0 Å². The van der Waals surface area contributed by atoms with E-state index in [2.05, 4.69) is 10.6 Å². The van der Waals surface area contributed by atoms with Gasteiger partial charge in [-0.3, -0.25) is 4.79 Å². The Hall–Kier alpha value is -1.49. The van der Waals surface area contributed by atoms with Crippen LogP contribution in [0.15, 0.2) is 24.3 Å². The average Bonchev–Trinajstić information content (AvgIpc) is 2.42. The highest BCUT2D eigenvalue weighted by Gasteiger charge is 2.41.